The molecule has 0 aliphatic carbocycles. The third-order valence-corrected chi connectivity index (χ3v) is 3.33. The van der Waals surface area contributed by atoms with Crippen molar-refractivity contribution in [2.45, 2.75) is 26.8 Å². The van der Waals surface area contributed by atoms with Crippen molar-refractivity contribution in [1.29, 1.82) is 0 Å². The molecule has 0 radical (unpaired) electrons. The van der Waals surface area contributed by atoms with Crippen molar-refractivity contribution in [3.8, 4) is 0 Å². The van der Waals surface area contributed by atoms with Gasteiger partial charge in [0.1, 0.15) is 0 Å². The number of thiazole rings is 1. The molecule has 0 fully saturated rings. The summed E-state index contributed by atoms with van der Waals surface area (Å²) in [7, 11) is 0. The van der Waals surface area contributed by atoms with Gasteiger partial charge in [0.25, 0.3) is 0 Å². The molecule has 0 atom stereocenters. The van der Waals surface area contributed by atoms with E-state index < -0.39 is 0 Å². The van der Waals surface area contributed by atoms with Gasteiger partial charge in [-0.1, -0.05) is 6.92 Å². The van der Waals surface area contributed by atoms with Crippen LogP contribution >= 0.6 is 11.3 Å². The molecule has 2 aromatic rings. The van der Waals surface area contributed by atoms with Crippen LogP contribution in [0.2, 0.25) is 0 Å². The van der Waals surface area contributed by atoms with Gasteiger partial charge in [-0.2, -0.15) is 0 Å². The van der Waals surface area contributed by atoms with Crippen LogP contribution in [0.3, 0.4) is 0 Å². The van der Waals surface area contributed by atoms with Crippen molar-refractivity contribution in [3.05, 3.63) is 28.5 Å². The Labute approximate surface area is 99.4 Å². The number of aryl methyl sites for hydroxylation is 1. The Bertz CT molecular complexity index is 446. The van der Waals surface area contributed by atoms with Crippen LogP contribution in [0.1, 0.15) is 23.9 Å². The molecule has 0 amide bonds. The van der Waals surface area contributed by atoms with Crippen molar-refractivity contribution in [2.24, 2.45) is 0 Å². The largest absolute Gasteiger partial charge is 0.356 e. The Hall–Kier alpha value is -1.36. The lowest BCUT2D eigenvalue weighted by molar-refractivity contribution is 0.797. The molecule has 0 saturated carbocycles. The number of hydrogen-bond acceptors (Lipinski definition) is 4. The summed E-state index contributed by atoms with van der Waals surface area (Å²) in [5.41, 5.74) is 3.00. The van der Waals surface area contributed by atoms with Gasteiger partial charge in [-0.15, -0.1) is 11.3 Å². The fourth-order valence-corrected chi connectivity index (χ4v) is 2.25. The molecule has 2 heterocycles. The van der Waals surface area contributed by atoms with E-state index in [4.69, 9.17) is 0 Å². The summed E-state index contributed by atoms with van der Waals surface area (Å²) in [6.07, 6.45) is 4.93. The van der Waals surface area contributed by atoms with Gasteiger partial charge < -0.3 is 9.88 Å². The predicted molar refractivity (Wildman–Crippen MR) is 67.0 cm³/mol. The van der Waals surface area contributed by atoms with E-state index in [0.717, 1.165) is 31.2 Å². The summed E-state index contributed by atoms with van der Waals surface area (Å²) in [5.74, 6) is 0.939. The van der Waals surface area contributed by atoms with Crippen LogP contribution in [0, 0.1) is 6.92 Å². The van der Waals surface area contributed by atoms with Gasteiger partial charge in [0, 0.05) is 23.8 Å². The molecule has 0 aliphatic heterocycles. The van der Waals surface area contributed by atoms with E-state index in [9.17, 15) is 0 Å². The molecule has 0 aromatic carbocycles. The first-order chi connectivity index (χ1) is 7.81. The number of anilines is 1. The van der Waals surface area contributed by atoms with E-state index in [-0.39, 0.29) is 0 Å². The standard InChI is InChI=1S/C11H16N4S/c1-3-4-12-11-13-5-6-15(11)7-10-9(2)14-8-16-10/h5-6,8H,3-4,7H2,1-2H3,(H,12,13). The summed E-state index contributed by atoms with van der Waals surface area (Å²) in [6.45, 7) is 6.00. The highest BCUT2D eigenvalue weighted by Crippen LogP contribution is 2.16. The third kappa shape index (κ3) is 2.41. The second-order valence-electron chi connectivity index (χ2n) is 3.67. The SMILES string of the molecule is CCCNc1nccn1Cc1scnc1C. The highest BCUT2D eigenvalue weighted by atomic mass is 32.1. The molecular formula is C11H16N4S. The van der Waals surface area contributed by atoms with Crippen LogP contribution in [0.25, 0.3) is 0 Å². The second-order valence-corrected chi connectivity index (χ2v) is 4.61. The number of hydrogen-bond donors (Lipinski definition) is 1. The molecule has 16 heavy (non-hydrogen) atoms. The molecule has 0 spiro atoms. The third-order valence-electron chi connectivity index (χ3n) is 2.41. The Morgan fingerprint density at radius 1 is 1.44 bits per heavy atom. The van der Waals surface area contributed by atoms with Gasteiger partial charge in [0.05, 0.1) is 17.7 Å². The summed E-state index contributed by atoms with van der Waals surface area (Å²) >= 11 is 1.69. The molecular weight excluding hydrogens is 220 g/mol. The number of imidazole rings is 1. The highest BCUT2D eigenvalue weighted by molar-refractivity contribution is 7.09. The zero-order valence-electron chi connectivity index (χ0n) is 9.60. The van der Waals surface area contributed by atoms with E-state index in [1.54, 1.807) is 11.3 Å². The minimum Gasteiger partial charge on any atom is -0.356 e. The van der Waals surface area contributed by atoms with Gasteiger partial charge in [0.15, 0.2) is 0 Å². The van der Waals surface area contributed by atoms with E-state index in [1.807, 2.05) is 24.8 Å². The molecule has 86 valence electrons. The van der Waals surface area contributed by atoms with Crippen LogP contribution in [0.4, 0.5) is 5.95 Å². The summed E-state index contributed by atoms with van der Waals surface area (Å²) in [6, 6.07) is 0. The zero-order chi connectivity index (χ0) is 11.4. The van der Waals surface area contributed by atoms with E-state index in [0.29, 0.717) is 0 Å². The van der Waals surface area contributed by atoms with Crippen molar-refractivity contribution in [2.75, 3.05) is 11.9 Å². The van der Waals surface area contributed by atoms with Gasteiger partial charge in [-0.25, -0.2) is 9.97 Å². The number of rotatable bonds is 5. The Morgan fingerprint density at radius 2 is 2.31 bits per heavy atom. The summed E-state index contributed by atoms with van der Waals surface area (Å²) in [4.78, 5) is 9.84. The van der Waals surface area contributed by atoms with Crippen molar-refractivity contribution < 1.29 is 0 Å². The number of nitrogens with zero attached hydrogens (tertiary/aromatic N) is 3. The molecule has 4 nitrogen and oxygen atoms in total. The average molecular weight is 236 g/mol. The lowest BCUT2D eigenvalue weighted by Crippen LogP contribution is -2.08. The topological polar surface area (TPSA) is 42.7 Å². The summed E-state index contributed by atoms with van der Waals surface area (Å²) in [5, 5.41) is 3.31. The second kappa shape index (κ2) is 5.12. The van der Waals surface area contributed by atoms with Gasteiger partial charge in [0.2, 0.25) is 5.95 Å². The first-order valence-corrected chi connectivity index (χ1v) is 6.33. The van der Waals surface area contributed by atoms with Crippen LogP contribution in [-0.2, 0) is 6.54 Å². The van der Waals surface area contributed by atoms with Crippen molar-refractivity contribution in [1.82, 2.24) is 14.5 Å². The first-order valence-electron chi connectivity index (χ1n) is 5.45. The normalized spacial score (nSPS) is 10.6. The first kappa shape index (κ1) is 11.1. The fraction of sp³-hybridized carbons (Fsp3) is 0.455. The maximum absolute atomic E-state index is 4.30. The van der Waals surface area contributed by atoms with Gasteiger partial charge >= 0.3 is 0 Å². The van der Waals surface area contributed by atoms with Crippen LogP contribution in [-0.4, -0.2) is 21.1 Å². The molecule has 5 heteroatoms. The lowest BCUT2D eigenvalue weighted by Gasteiger charge is -2.08. The van der Waals surface area contributed by atoms with Crippen molar-refractivity contribution in [3.63, 3.8) is 0 Å². The average Bonchev–Trinajstić information content (AvgIpc) is 2.87. The molecule has 0 bridgehead atoms. The maximum Gasteiger partial charge on any atom is 0.203 e. The molecule has 1 N–H and O–H groups in total. The van der Waals surface area contributed by atoms with Crippen LogP contribution < -0.4 is 5.32 Å². The van der Waals surface area contributed by atoms with Crippen LogP contribution in [0.15, 0.2) is 17.9 Å². The number of nitrogens with one attached hydrogen (secondary N) is 1. The maximum atomic E-state index is 4.30. The van der Waals surface area contributed by atoms with Gasteiger partial charge in [-0.05, 0) is 13.3 Å². The summed E-state index contributed by atoms with van der Waals surface area (Å²) < 4.78 is 2.12. The zero-order valence-corrected chi connectivity index (χ0v) is 10.4. The molecule has 0 aliphatic rings. The highest BCUT2D eigenvalue weighted by Gasteiger charge is 2.06. The monoisotopic (exact) mass is 236 g/mol. The molecule has 0 unspecified atom stereocenters. The van der Waals surface area contributed by atoms with E-state index in [2.05, 4.69) is 26.8 Å². The minimum atomic E-state index is 0.850. The predicted octanol–water partition coefficient (Wildman–Crippen LogP) is 2.52. The van der Waals surface area contributed by atoms with Crippen LogP contribution in [0.5, 0.6) is 0 Å². The molecule has 0 saturated heterocycles. The Kier molecular flexibility index (Phi) is 3.56. The van der Waals surface area contributed by atoms with Crippen molar-refractivity contribution >= 4 is 17.3 Å². The fourth-order valence-electron chi connectivity index (χ4n) is 1.47. The Morgan fingerprint density at radius 3 is 3.00 bits per heavy atom. The van der Waals surface area contributed by atoms with E-state index >= 15 is 0 Å². The smallest absolute Gasteiger partial charge is 0.203 e. The van der Waals surface area contributed by atoms with Gasteiger partial charge in [-0.3, -0.25) is 0 Å². The van der Waals surface area contributed by atoms with E-state index in [1.165, 1.54) is 4.88 Å². The lowest BCUT2D eigenvalue weighted by atomic mass is 10.4. The quantitative estimate of drug-likeness (QED) is 0.867. The minimum absolute atomic E-state index is 0.850. The molecule has 2 rings (SSSR count). The number of aromatic nitrogens is 3. The molecule has 2 aromatic heterocycles. The Balaban J connectivity index is 2.09.